The van der Waals surface area contributed by atoms with E-state index in [-0.39, 0.29) is 35.1 Å². The van der Waals surface area contributed by atoms with Crippen molar-refractivity contribution in [3.05, 3.63) is 54.0 Å². The first kappa shape index (κ1) is 18.7. The van der Waals surface area contributed by atoms with E-state index in [1.807, 2.05) is 0 Å². The van der Waals surface area contributed by atoms with Gasteiger partial charge in [0.15, 0.2) is 12.4 Å². The summed E-state index contributed by atoms with van der Waals surface area (Å²) in [4.78, 5) is 0. The highest BCUT2D eigenvalue weighted by Gasteiger charge is 2.31. The molecule has 0 unspecified atom stereocenters. The Hall–Kier alpha value is -3.63. The molecule has 0 fully saturated rings. The van der Waals surface area contributed by atoms with Crippen molar-refractivity contribution < 1.29 is 36.0 Å². The van der Waals surface area contributed by atoms with Gasteiger partial charge in [-0.05, 0) is 40.5 Å². The fraction of sp³-hybridized carbons (Fsp3) is 0.167. The number of hydrogen-bond acceptors (Lipinski definition) is 7. The lowest BCUT2D eigenvalue weighted by molar-refractivity contribution is -0.274. The Bertz CT molecular complexity index is 1150. The number of aryl methyl sites for hydroxylation is 1. The van der Waals surface area contributed by atoms with Gasteiger partial charge >= 0.3 is 6.36 Å². The molecule has 29 heavy (non-hydrogen) atoms. The molecule has 0 N–H and O–H groups in total. The van der Waals surface area contributed by atoms with Gasteiger partial charge in [-0.1, -0.05) is 12.1 Å². The average molecular weight is 409 g/mol. The van der Waals surface area contributed by atoms with Gasteiger partial charge < -0.3 is 18.4 Å². The second-order valence-corrected chi connectivity index (χ2v) is 5.90. The van der Waals surface area contributed by atoms with E-state index < -0.39 is 12.2 Å². The molecule has 0 atom stereocenters. The molecule has 2 heterocycles. The van der Waals surface area contributed by atoms with Crippen molar-refractivity contribution in [3.8, 4) is 22.8 Å². The van der Waals surface area contributed by atoms with E-state index in [1.165, 1.54) is 18.2 Å². The fourth-order valence-corrected chi connectivity index (χ4v) is 2.63. The molecule has 0 saturated heterocycles. The molecule has 0 amide bonds. The molecular weight excluding hydrogens is 398 g/mol. The molecule has 2 aromatic heterocycles. The van der Waals surface area contributed by atoms with E-state index >= 15 is 0 Å². The van der Waals surface area contributed by atoms with Crippen LogP contribution in [0.15, 0.2) is 45.3 Å². The van der Waals surface area contributed by atoms with Crippen molar-refractivity contribution in [2.45, 2.75) is 19.9 Å². The molecule has 0 saturated carbocycles. The topological polar surface area (TPSA) is 83.4 Å². The lowest BCUT2D eigenvalue weighted by Gasteiger charge is -2.09. The zero-order valence-corrected chi connectivity index (χ0v) is 14.7. The molecular formula is C18H11F4N3O4. The summed E-state index contributed by atoms with van der Waals surface area (Å²) in [6, 6.07) is 7.73. The van der Waals surface area contributed by atoms with Crippen LogP contribution in [0, 0.1) is 12.7 Å². The van der Waals surface area contributed by atoms with Crippen molar-refractivity contribution in [1.29, 1.82) is 0 Å². The largest absolute Gasteiger partial charge is 0.573 e. The van der Waals surface area contributed by atoms with Gasteiger partial charge in [0, 0.05) is 6.92 Å². The van der Waals surface area contributed by atoms with Crippen LogP contribution < -0.4 is 9.47 Å². The number of aromatic nitrogens is 3. The Morgan fingerprint density at radius 3 is 2.45 bits per heavy atom. The summed E-state index contributed by atoms with van der Waals surface area (Å²) in [6.45, 7) is 1.52. The molecule has 150 valence electrons. The smallest absolute Gasteiger partial charge is 0.465 e. The summed E-state index contributed by atoms with van der Waals surface area (Å²) in [6.07, 6.45) is -4.79. The summed E-state index contributed by atoms with van der Waals surface area (Å²) in [5, 5.41) is 11.4. The van der Waals surface area contributed by atoms with Crippen molar-refractivity contribution in [2.75, 3.05) is 0 Å². The number of halogens is 4. The molecule has 11 heteroatoms. The van der Waals surface area contributed by atoms with Crippen molar-refractivity contribution in [2.24, 2.45) is 0 Å². The predicted molar refractivity (Wildman–Crippen MR) is 89.5 cm³/mol. The number of hydrogen-bond donors (Lipinski definition) is 0. The van der Waals surface area contributed by atoms with Crippen LogP contribution in [-0.4, -0.2) is 21.7 Å². The van der Waals surface area contributed by atoms with E-state index in [2.05, 4.69) is 20.1 Å². The van der Waals surface area contributed by atoms with Crippen LogP contribution in [0.3, 0.4) is 0 Å². The molecule has 4 rings (SSSR count). The number of rotatable bonds is 5. The van der Waals surface area contributed by atoms with Crippen molar-refractivity contribution in [1.82, 2.24) is 15.4 Å². The average Bonchev–Trinajstić information content (AvgIpc) is 3.25. The third kappa shape index (κ3) is 4.13. The quantitative estimate of drug-likeness (QED) is 0.438. The summed E-state index contributed by atoms with van der Waals surface area (Å²) in [7, 11) is 0. The van der Waals surface area contributed by atoms with Crippen molar-refractivity contribution >= 4 is 11.0 Å². The summed E-state index contributed by atoms with van der Waals surface area (Å²) in [5.41, 5.74) is 0.720. The van der Waals surface area contributed by atoms with Crippen LogP contribution in [0.25, 0.3) is 22.1 Å². The molecule has 0 aliphatic rings. The molecule has 0 spiro atoms. The van der Waals surface area contributed by atoms with E-state index in [1.54, 1.807) is 13.0 Å². The minimum Gasteiger partial charge on any atom is -0.465 e. The maximum atomic E-state index is 14.4. The summed E-state index contributed by atoms with van der Waals surface area (Å²) < 4.78 is 70.7. The minimum absolute atomic E-state index is 0.00799. The van der Waals surface area contributed by atoms with Gasteiger partial charge in [0.25, 0.3) is 11.8 Å². The van der Waals surface area contributed by atoms with Crippen LogP contribution in [0.1, 0.15) is 11.8 Å². The number of benzene rings is 2. The van der Waals surface area contributed by atoms with Gasteiger partial charge in [-0.3, -0.25) is 0 Å². The Balaban J connectivity index is 1.62. The molecule has 0 bridgehead atoms. The number of fused-ring (bicyclic) bond motifs is 1. The Morgan fingerprint density at radius 2 is 1.79 bits per heavy atom. The zero-order valence-electron chi connectivity index (χ0n) is 14.7. The van der Waals surface area contributed by atoms with Crippen LogP contribution in [-0.2, 0) is 6.61 Å². The lowest BCUT2D eigenvalue weighted by Crippen LogP contribution is -2.16. The zero-order chi connectivity index (χ0) is 20.6. The summed E-state index contributed by atoms with van der Waals surface area (Å²) in [5.74, 6) is -0.514. The normalized spacial score (nSPS) is 11.8. The molecule has 0 aliphatic carbocycles. The second-order valence-electron chi connectivity index (χ2n) is 5.90. The van der Waals surface area contributed by atoms with E-state index in [0.717, 1.165) is 12.1 Å². The standard InChI is InChI=1S/C18H11F4N3O4/c1-9-23-24-15(27-9)8-26-17-13-6-11(7-14(19)16(13)29-25-17)10-2-4-12(5-3-10)28-18(20,21)22/h2-7H,8H2,1H3. The fourth-order valence-electron chi connectivity index (χ4n) is 2.63. The third-order valence-electron chi connectivity index (χ3n) is 3.82. The van der Waals surface area contributed by atoms with E-state index in [4.69, 9.17) is 13.7 Å². The summed E-state index contributed by atoms with van der Waals surface area (Å²) >= 11 is 0. The van der Waals surface area contributed by atoms with Gasteiger partial charge in [-0.2, -0.15) is 0 Å². The molecule has 0 radical (unpaired) electrons. The predicted octanol–water partition coefficient (Wildman–Crippen LogP) is 4.80. The maximum Gasteiger partial charge on any atom is 0.573 e. The van der Waals surface area contributed by atoms with Crippen LogP contribution in [0.5, 0.6) is 11.6 Å². The maximum absolute atomic E-state index is 14.4. The second kappa shape index (κ2) is 7.08. The van der Waals surface area contributed by atoms with Crippen molar-refractivity contribution in [3.63, 3.8) is 0 Å². The highest BCUT2D eigenvalue weighted by atomic mass is 19.4. The Kier molecular flexibility index (Phi) is 4.57. The van der Waals surface area contributed by atoms with E-state index in [9.17, 15) is 17.6 Å². The first-order valence-electron chi connectivity index (χ1n) is 8.15. The van der Waals surface area contributed by atoms with Crippen LogP contribution >= 0.6 is 0 Å². The van der Waals surface area contributed by atoms with Gasteiger partial charge in [0.1, 0.15) is 5.75 Å². The monoisotopic (exact) mass is 409 g/mol. The van der Waals surface area contributed by atoms with Gasteiger partial charge in [0.05, 0.1) is 5.39 Å². The van der Waals surface area contributed by atoms with Gasteiger partial charge in [0.2, 0.25) is 11.5 Å². The van der Waals surface area contributed by atoms with Gasteiger partial charge in [-0.25, -0.2) is 4.39 Å². The van der Waals surface area contributed by atoms with Gasteiger partial charge in [-0.15, -0.1) is 23.4 Å². The van der Waals surface area contributed by atoms with E-state index in [0.29, 0.717) is 17.0 Å². The van der Waals surface area contributed by atoms with Crippen LogP contribution in [0.2, 0.25) is 0 Å². The molecule has 7 nitrogen and oxygen atoms in total. The molecule has 0 aliphatic heterocycles. The number of nitrogens with zero attached hydrogens (tertiary/aromatic N) is 3. The Morgan fingerprint density at radius 1 is 1.03 bits per heavy atom. The molecule has 4 aromatic rings. The first-order valence-corrected chi connectivity index (χ1v) is 8.15. The lowest BCUT2D eigenvalue weighted by atomic mass is 10.0. The number of alkyl halides is 3. The third-order valence-corrected chi connectivity index (χ3v) is 3.82. The molecule has 2 aromatic carbocycles. The van der Waals surface area contributed by atoms with Crippen LogP contribution in [0.4, 0.5) is 17.6 Å². The highest BCUT2D eigenvalue weighted by molar-refractivity contribution is 5.87. The number of ether oxygens (including phenoxy) is 2. The Labute approximate surface area is 159 Å². The first-order chi connectivity index (χ1) is 13.8. The SMILES string of the molecule is Cc1nnc(COc2noc3c(F)cc(-c4ccc(OC(F)(F)F)cc4)cc23)o1. The minimum atomic E-state index is -4.79. The highest BCUT2D eigenvalue weighted by Crippen LogP contribution is 2.34.